The summed E-state index contributed by atoms with van der Waals surface area (Å²) < 4.78 is 0. The highest BCUT2D eigenvalue weighted by molar-refractivity contribution is 6.00. The van der Waals surface area contributed by atoms with Gasteiger partial charge in [-0.1, -0.05) is 36.4 Å². The molecule has 3 rings (SSSR count). The molecule has 0 spiro atoms. The molecule has 1 N–H and O–H groups in total. The molecule has 0 amide bonds. The highest BCUT2D eigenvalue weighted by Gasteiger charge is 2.20. The van der Waals surface area contributed by atoms with Crippen molar-refractivity contribution >= 4 is 16.6 Å². The van der Waals surface area contributed by atoms with Crippen LogP contribution < -0.4 is 5.32 Å². The molecule has 2 nitrogen and oxygen atoms in total. The summed E-state index contributed by atoms with van der Waals surface area (Å²) in [7, 11) is 0. The maximum Gasteiger partial charge on any atom is 0.163 e. The van der Waals surface area contributed by atoms with Crippen molar-refractivity contribution in [1.29, 1.82) is 0 Å². The van der Waals surface area contributed by atoms with E-state index in [0.29, 0.717) is 12.3 Å². The largest absolute Gasteiger partial charge is 0.316 e. The second-order valence-corrected chi connectivity index (χ2v) is 4.71. The number of fused-ring (bicyclic) bond motifs is 1. The Kier molecular flexibility index (Phi) is 2.65. The molecule has 1 fully saturated rings. The smallest absolute Gasteiger partial charge is 0.163 e. The highest BCUT2D eigenvalue weighted by atomic mass is 16.1. The van der Waals surface area contributed by atoms with Gasteiger partial charge in [-0.15, -0.1) is 0 Å². The number of Topliss-reactive ketones (excluding diaryl/α,β-unsaturated/α-hetero) is 1. The van der Waals surface area contributed by atoms with Crippen LogP contribution in [0.4, 0.5) is 0 Å². The van der Waals surface area contributed by atoms with Crippen molar-refractivity contribution in [2.75, 3.05) is 13.1 Å². The van der Waals surface area contributed by atoms with Crippen molar-refractivity contribution in [2.45, 2.75) is 6.42 Å². The van der Waals surface area contributed by atoms with Gasteiger partial charge in [-0.2, -0.15) is 0 Å². The Morgan fingerprint density at radius 3 is 2.59 bits per heavy atom. The van der Waals surface area contributed by atoms with Gasteiger partial charge in [0.1, 0.15) is 0 Å². The minimum atomic E-state index is 0.266. The maximum absolute atomic E-state index is 12.1. The van der Waals surface area contributed by atoms with Crippen LogP contribution in [0, 0.1) is 5.92 Å². The van der Waals surface area contributed by atoms with E-state index in [0.717, 1.165) is 24.0 Å². The Balaban J connectivity index is 1.86. The third-order valence-corrected chi connectivity index (χ3v) is 3.41. The first-order valence-corrected chi connectivity index (χ1v) is 6.05. The summed E-state index contributed by atoms with van der Waals surface area (Å²) in [6.07, 6.45) is 0.672. The molecule has 0 radical (unpaired) electrons. The molecule has 0 aromatic heterocycles. The van der Waals surface area contributed by atoms with Crippen LogP contribution >= 0.6 is 0 Å². The van der Waals surface area contributed by atoms with Gasteiger partial charge in [0.15, 0.2) is 5.78 Å². The third kappa shape index (κ3) is 2.08. The van der Waals surface area contributed by atoms with Gasteiger partial charge in [0.25, 0.3) is 0 Å². The van der Waals surface area contributed by atoms with Crippen LogP contribution in [0.25, 0.3) is 10.8 Å². The molecule has 2 aromatic rings. The predicted molar refractivity (Wildman–Crippen MR) is 69.3 cm³/mol. The Bertz CT molecular complexity index is 558. The number of nitrogens with one attached hydrogen (secondary N) is 1. The van der Waals surface area contributed by atoms with Crippen molar-refractivity contribution in [3.63, 3.8) is 0 Å². The lowest BCUT2D eigenvalue weighted by molar-refractivity contribution is 0.0945. The summed E-state index contributed by atoms with van der Waals surface area (Å²) in [6.45, 7) is 1.97. The van der Waals surface area contributed by atoms with Gasteiger partial charge < -0.3 is 5.32 Å². The number of ketones is 1. The molecular formula is C15H15NO. The highest BCUT2D eigenvalue weighted by Crippen LogP contribution is 2.19. The first-order valence-electron chi connectivity index (χ1n) is 6.05. The van der Waals surface area contributed by atoms with Crippen LogP contribution in [0.3, 0.4) is 0 Å². The number of benzene rings is 2. The van der Waals surface area contributed by atoms with E-state index in [9.17, 15) is 4.79 Å². The van der Waals surface area contributed by atoms with Crippen LogP contribution in [0.2, 0.25) is 0 Å². The first kappa shape index (κ1) is 10.5. The fourth-order valence-electron chi connectivity index (χ4n) is 2.24. The van der Waals surface area contributed by atoms with Crippen molar-refractivity contribution in [2.24, 2.45) is 5.92 Å². The summed E-state index contributed by atoms with van der Waals surface area (Å²) >= 11 is 0. The van der Waals surface area contributed by atoms with Gasteiger partial charge in [0.2, 0.25) is 0 Å². The molecule has 0 bridgehead atoms. The van der Waals surface area contributed by atoms with Gasteiger partial charge in [0, 0.05) is 12.0 Å². The molecule has 1 aliphatic rings. The van der Waals surface area contributed by atoms with Gasteiger partial charge in [-0.05, 0) is 35.8 Å². The van der Waals surface area contributed by atoms with Crippen LogP contribution in [0.15, 0.2) is 42.5 Å². The van der Waals surface area contributed by atoms with E-state index in [1.54, 1.807) is 0 Å². The average Bonchev–Trinajstić information content (AvgIpc) is 2.33. The van der Waals surface area contributed by atoms with Crippen molar-refractivity contribution in [1.82, 2.24) is 5.32 Å². The molecule has 0 atom stereocenters. The summed E-state index contributed by atoms with van der Waals surface area (Å²) in [6, 6.07) is 14.1. The Hall–Kier alpha value is -1.67. The van der Waals surface area contributed by atoms with Gasteiger partial charge in [0.05, 0.1) is 0 Å². The molecule has 1 saturated heterocycles. The fraction of sp³-hybridized carbons (Fsp3) is 0.267. The van der Waals surface area contributed by atoms with Crippen molar-refractivity contribution in [3.8, 4) is 0 Å². The zero-order valence-corrected chi connectivity index (χ0v) is 9.65. The zero-order chi connectivity index (χ0) is 11.7. The maximum atomic E-state index is 12.1. The molecule has 17 heavy (non-hydrogen) atoms. The SMILES string of the molecule is O=C(CC1CNC1)c1ccc2ccccc2c1. The van der Waals surface area contributed by atoms with Gasteiger partial charge in [-0.25, -0.2) is 0 Å². The van der Waals surface area contributed by atoms with E-state index >= 15 is 0 Å². The standard InChI is InChI=1S/C15H15NO/c17-15(7-11-9-16-10-11)14-6-5-12-3-1-2-4-13(12)8-14/h1-6,8,11,16H,7,9-10H2. The normalized spacial score (nSPS) is 15.8. The summed E-state index contributed by atoms with van der Waals surface area (Å²) in [5, 5.41) is 5.53. The van der Waals surface area contributed by atoms with E-state index in [-0.39, 0.29) is 5.78 Å². The molecule has 1 heterocycles. The van der Waals surface area contributed by atoms with Crippen LogP contribution in [-0.2, 0) is 0 Å². The van der Waals surface area contributed by atoms with E-state index in [1.807, 2.05) is 30.3 Å². The Morgan fingerprint density at radius 1 is 1.12 bits per heavy atom. The van der Waals surface area contributed by atoms with E-state index in [1.165, 1.54) is 5.39 Å². The Morgan fingerprint density at radius 2 is 1.88 bits per heavy atom. The predicted octanol–water partition coefficient (Wildman–Crippen LogP) is 2.63. The topological polar surface area (TPSA) is 29.1 Å². The lowest BCUT2D eigenvalue weighted by Gasteiger charge is -2.26. The molecule has 0 saturated carbocycles. The van der Waals surface area contributed by atoms with E-state index in [2.05, 4.69) is 17.4 Å². The lowest BCUT2D eigenvalue weighted by atomic mass is 9.93. The summed E-state index contributed by atoms with van der Waals surface area (Å²) in [4.78, 5) is 12.1. The Labute approximate surface area is 101 Å². The van der Waals surface area contributed by atoms with Crippen LogP contribution in [-0.4, -0.2) is 18.9 Å². The summed E-state index contributed by atoms with van der Waals surface area (Å²) in [5.74, 6) is 0.802. The number of hydrogen-bond acceptors (Lipinski definition) is 2. The molecular weight excluding hydrogens is 210 g/mol. The second kappa shape index (κ2) is 4.30. The quantitative estimate of drug-likeness (QED) is 0.814. The molecule has 0 aliphatic carbocycles. The molecule has 1 aliphatic heterocycles. The minimum absolute atomic E-state index is 0.266. The van der Waals surface area contributed by atoms with E-state index in [4.69, 9.17) is 0 Å². The molecule has 86 valence electrons. The van der Waals surface area contributed by atoms with Crippen LogP contribution in [0.1, 0.15) is 16.8 Å². The molecule has 2 aromatic carbocycles. The lowest BCUT2D eigenvalue weighted by Crippen LogP contribution is -2.42. The zero-order valence-electron chi connectivity index (χ0n) is 9.65. The second-order valence-electron chi connectivity index (χ2n) is 4.71. The third-order valence-electron chi connectivity index (χ3n) is 3.41. The van der Waals surface area contributed by atoms with Crippen LogP contribution in [0.5, 0.6) is 0 Å². The number of rotatable bonds is 3. The van der Waals surface area contributed by atoms with Crippen molar-refractivity contribution < 1.29 is 4.79 Å². The number of carbonyl (C=O) groups excluding carboxylic acids is 1. The first-order chi connectivity index (χ1) is 8.33. The molecule has 0 unspecified atom stereocenters. The monoisotopic (exact) mass is 225 g/mol. The number of carbonyl (C=O) groups is 1. The van der Waals surface area contributed by atoms with Gasteiger partial charge >= 0.3 is 0 Å². The van der Waals surface area contributed by atoms with E-state index < -0.39 is 0 Å². The average molecular weight is 225 g/mol. The summed E-state index contributed by atoms with van der Waals surface area (Å²) in [5.41, 5.74) is 0.843. The fourth-order valence-corrected chi connectivity index (χ4v) is 2.24. The molecule has 2 heteroatoms. The van der Waals surface area contributed by atoms with Gasteiger partial charge in [-0.3, -0.25) is 4.79 Å². The number of hydrogen-bond donors (Lipinski definition) is 1. The van der Waals surface area contributed by atoms with Crippen molar-refractivity contribution in [3.05, 3.63) is 48.0 Å². The minimum Gasteiger partial charge on any atom is -0.316 e.